The number of alkyl halides is 2. The molecule has 3 rings (SSSR count). The van der Waals surface area contributed by atoms with Crippen LogP contribution in [0.5, 0.6) is 0 Å². The summed E-state index contributed by atoms with van der Waals surface area (Å²) >= 11 is 0. The van der Waals surface area contributed by atoms with Gasteiger partial charge in [0.25, 0.3) is 5.92 Å². The summed E-state index contributed by atoms with van der Waals surface area (Å²) in [5.74, 6) is -6.09. The van der Waals surface area contributed by atoms with E-state index in [0.29, 0.717) is 5.92 Å². The van der Waals surface area contributed by atoms with Gasteiger partial charge in [-0.05, 0) is 42.7 Å². The molecule has 0 bridgehead atoms. The van der Waals surface area contributed by atoms with Crippen molar-refractivity contribution >= 4 is 0 Å². The normalized spacial score (nSPS) is 29.5. The fourth-order valence-electron chi connectivity index (χ4n) is 4.51. The first kappa shape index (κ1) is 16.8. The van der Waals surface area contributed by atoms with Crippen LogP contribution in [0.2, 0.25) is 0 Å². The van der Waals surface area contributed by atoms with E-state index in [4.69, 9.17) is 0 Å². The van der Waals surface area contributed by atoms with Crippen LogP contribution in [0, 0.1) is 29.4 Å². The molecule has 1 aromatic carbocycles. The number of hydrogen-bond donors (Lipinski definition) is 0. The second kappa shape index (κ2) is 6.45. The van der Waals surface area contributed by atoms with Crippen LogP contribution < -0.4 is 0 Å². The molecule has 0 unspecified atom stereocenters. The zero-order chi connectivity index (χ0) is 16.6. The molecular weight excluding hydrogens is 304 g/mol. The van der Waals surface area contributed by atoms with Crippen LogP contribution in [-0.2, 0) is 12.3 Å². The quantitative estimate of drug-likeness (QED) is 0.575. The number of fused-ring (bicyclic) bond motifs is 1. The van der Waals surface area contributed by atoms with Crippen molar-refractivity contribution in [2.75, 3.05) is 0 Å². The molecule has 0 aromatic heterocycles. The van der Waals surface area contributed by atoms with Crippen molar-refractivity contribution in [3.8, 4) is 0 Å². The summed E-state index contributed by atoms with van der Waals surface area (Å²) in [5, 5.41) is 0. The second-order valence-corrected chi connectivity index (χ2v) is 7.25. The summed E-state index contributed by atoms with van der Waals surface area (Å²) in [4.78, 5) is 0. The Morgan fingerprint density at radius 2 is 1.78 bits per heavy atom. The summed E-state index contributed by atoms with van der Waals surface area (Å²) in [6.45, 7) is 2.16. The van der Waals surface area contributed by atoms with Crippen LogP contribution in [0.1, 0.15) is 63.0 Å². The van der Waals surface area contributed by atoms with Gasteiger partial charge in [-0.25, -0.2) is 17.6 Å². The first-order chi connectivity index (χ1) is 10.9. The van der Waals surface area contributed by atoms with E-state index in [2.05, 4.69) is 6.92 Å². The van der Waals surface area contributed by atoms with Gasteiger partial charge >= 0.3 is 0 Å². The molecule has 0 saturated heterocycles. The van der Waals surface area contributed by atoms with E-state index in [1.165, 1.54) is 25.3 Å². The van der Waals surface area contributed by atoms with Gasteiger partial charge in [0.05, 0.1) is 5.56 Å². The van der Waals surface area contributed by atoms with Gasteiger partial charge < -0.3 is 0 Å². The molecule has 0 N–H and O–H groups in total. The van der Waals surface area contributed by atoms with Gasteiger partial charge in [-0.2, -0.15) is 0 Å². The Bertz CT molecular complexity index is 559. The highest BCUT2D eigenvalue weighted by molar-refractivity contribution is 5.39. The summed E-state index contributed by atoms with van der Waals surface area (Å²) in [5.41, 5.74) is -0.400. The molecule has 0 radical (unpaired) electrons. The van der Waals surface area contributed by atoms with Crippen LogP contribution in [0.3, 0.4) is 0 Å². The molecule has 2 aliphatic rings. The van der Waals surface area contributed by atoms with Crippen molar-refractivity contribution in [1.82, 2.24) is 0 Å². The Hall–Kier alpha value is -1.06. The molecule has 1 saturated carbocycles. The molecule has 1 fully saturated rings. The van der Waals surface area contributed by atoms with Crippen molar-refractivity contribution < 1.29 is 17.6 Å². The number of unbranched alkanes of at least 4 members (excludes halogenated alkanes) is 1. The fourth-order valence-corrected chi connectivity index (χ4v) is 4.51. The second-order valence-electron chi connectivity index (χ2n) is 7.25. The maximum atomic E-state index is 14.7. The molecule has 0 heterocycles. The van der Waals surface area contributed by atoms with Crippen LogP contribution >= 0.6 is 0 Å². The lowest BCUT2D eigenvalue weighted by Gasteiger charge is -2.34. The van der Waals surface area contributed by atoms with Crippen molar-refractivity contribution in [1.29, 1.82) is 0 Å². The van der Waals surface area contributed by atoms with Crippen molar-refractivity contribution in [2.45, 2.75) is 64.2 Å². The lowest BCUT2D eigenvalue weighted by molar-refractivity contribution is -0.0843. The van der Waals surface area contributed by atoms with Gasteiger partial charge in [0.15, 0.2) is 11.6 Å². The molecule has 0 spiro atoms. The highest BCUT2D eigenvalue weighted by Gasteiger charge is 2.53. The van der Waals surface area contributed by atoms with Gasteiger partial charge in [-0.15, -0.1) is 0 Å². The average Bonchev–Trinajstić information content (AvgIpc) is 2.81. The predicted octanol–water partition coefficient (Wildman–Crippen LogP) is 6.23. The number of hydrogen-bond acceptors (Lipinski definition) is 0. The summed E-state index contributed by atoms with van der Waals surface area (Å²) in [6.07, 6.45) is 7.27. The molecule has 128 valence electrons. The first-order valence-corrected chi connectivity index (χ1v) is 8.80. The van der Waals surface area contributed by atoms with Crippen molar-refractivity contribution in [3.05, 3.63) is 34.9 Å². The zero-order valence-corrected chi connectivity index (χ0v) is 13.6. The number of benzene rings is 1. The molecule has 0 amide bonds. The minimum atomic E-state index is -3.25. The van der Waals surface area contributed by atoms with E-state index in [-0.39, 0.29) is 17.9 Å². The average molecular weight is 328 g/mol. The predicted molar refractivity (Wildman–Crippen MR) is 82.4 cm³/mol. The molecule has 4 heteroatoms. The first-order valence-electron chi connectivity index (χ1n) is 8.80. The Labute approximate surface area is 135 Å². The lowest BCUT2D eigenvalue weighted by atomic mass is 9.73. The van der Waals surface area contributed by atoms with Gasteiger partial charge in [-0.1, -0.05) is 45.1 Å². The third-order valence-corrected chi connectivity index (χ3v) is 5.85. The van der Waals surface area contributed by atoms with E-state index in [1.54, 1.807) is 0 Å². The molecule has 23 heavy (non-hydrogen) atoms. The Morgan fingerprint density at radius 3 is 2.43 bits per heavy atom. The maximum Gasteiger partial charge on any atom is 0.279 e. The molecular formula is C19H24F4. The van der Waals surface area contributed by atoms with E-state index >= 15 is 0 Å². The largest absolute Gasteiger partial charge is 0.279 e. The molecule has 1 aromatic rings. The number of halogens is 4. The maximum absolute atomic E-state index is 14.7. The highest BCUT2D eigenvalue weighted by atomic mass is 19.3. The van der Waals surface area contributed by atoms with E-state index in [9.17, 15) is 17.6 Å². The van der Waals surface area contributed by atoms with E-state index in [1.807, 2.05) is 0 Å². The summed E-state index contributed by atoms with van der Waals surface area (Å²) in [6, 6.07) is 2.29. The monoisotopic (exact) mass is 328 g/mol. The van der Waals surface area contributed by atoms with Crippen LogP contribution in [0.15, 0.2) is 12.1 Å². The highest BCUT2D eigenvalue weighted by Crippen LogP contribution is 2.53. The van der Waals surface area contributed by atoms with Gasteiger partial charge in [0.2, 0.25) is 0 Å². The van der Waals surface area contributed by atoms with Crippen LogP contribution in [-0.4, -0.2) is 0 Å². The molecule has 0 aliphatic heterocycles. The third kappa shape index (κ3) is 3.01. The van der Waals surface area contributed by atoms with Crippen molar-refractivity contribution in [2.24, 2.45) is 17.8 Å². The summed E-state index contributed by atoms with van der Waals surface area (Å²) in [7, 11) is 0. The third-order valence-electron chi connectivity index (χ3n) is 5.85. The topological polar surface area (TPSA) is 0 Å². The minimum Gasteiger partial charge on any atom is -0.204 e. The molecule has 1 atom stereocenters. The van der Waals surface area contributed by atoms with Gasteiger partial charge in [-0.3, -0.25) is 0 Å². The Balaban J connectivity index is 1.73. The number of rotatable bonds is 4. The fraction of sp³-hybridized carbons (Fsp3) is 0.684. The standard InChI is InChI=1S/C19H24F4/c1-2-3-4-12-5-7-13(8-6-12)15-11-14-9-10-16(20)18(21)17(14)19(15,22)23/h9-10,12-13,15H,2-8,11H2,1H3/t12?,13?,15-/m0/s1. The Morgan fingerprint density at radius 1 is 1.09 bits per heavy atom. The van der Waals surface area contributed by atoms with E-state index in [0.717, 1.165) is 31.7 Å². The lowest BCUT2D eigenvalue weighted by Crippen LogP contribution is -2.31. The van der Waals surface area contributed by atoms with E-state index < -0.39 is 29.0 Å². The molecule has 0 nitrogen and oxygen atoms in total. The minimum absolute atomic E-state index is 0.0854. The van der Waals surface area contributed by atoms with Gasteiger partial charge in [0.1, 0.15) is 0 Å². The smallest absolute Gasteiger partial charge is 0.204 e. The molecule has 2 aliphatic carbocycles. The van der Waals surface area contributed by atoms with Crippen LogP contribution in [0.25, 0.3) is 0 Å². The zero-order valence-electron chi connectivity index (χ0n) is 13.6. The summed E-state index contributed by atoms with van der Waals surface area (Å²) < 4.78 is 56.7. The van der Waals surface area contributed by atoms with Crippen LogP contribution in [0.4, 0.5) is 17.6 Å². The SMILES string of the molecule is CCCCC1CCC([C@@H]2Cc3ccc(F)c(F)c3C2(F)F)CC1. The van der Waals surface area contributed by atoms with Gasteiger partial charge in [0, 0.05) is 5.92 Å². The Kier molecular flexibility index (Phi) is 4.70. The van der Waals surface area contributed by atoms with Crippen molar-refractivity contribution in [3.63, 3.8) is 0 Å².